The van der Waals surface area contributed by atoms with Gasteiger partial charge in [-0.3, -0.25) is 4.90 Å². The molecule has 2 aliphatic heterocycles. The Balaban J connectivity index is 1.54. The molecule has 0 radical (unpaired) electrons. The highest BCUT2D eigenvalue weighted by atomic mass is 32.2. The van der Waals surface area contributed by atoms with E-state index in [4.69, 9.17) is 14.2 Å². The summed E-state index contributed by atoms with van der Waals surface area (Å²) in [7, 11) is 0. The summed E-state index contributed by atoms with van der Waals surface area (Å²) in [5.74, 6) is 0.926. The first-order valence-corrected chi connectivity index (χ1v) is 12.3. The first-order chi connectivity index (χ1) is 16.1. The zero-order valence-corrected chi connectivity index (χ0v) is 19.5. The number of thioether (sulfide) groups is 1. The predicted octanol–water partition coefficient (Wildman–Crippen LogP) is 5.14. The maximum atomic E-state index is 13.1. The van der Waals surface area contributed by atoms with Gasteiger partial charge in [-0.25, -0.2) is 4.79 Å². The number of urea groups is 1. The fraction of sp³-hybridized carbons (Fsp3) is 0.320. The van der Waals surface area contributed by atoms with Gasteiger partial charge in [-0.15, -0.1) is 11.8 Å². The van der Waals surface area contributed by atoms with Crippen LogP contribution in [0.15, 0.2) is 69.7 Å². The van der Waals surface area contributed by atoms with Crippen LogP contribution in [0.4, 0.5) is 4.79 Å². The summed E-state index contributed by atoms with van der Waals surface area (Å²) < 4.78 is 11.5. The van der Waals surface area contributed by atoms with E-state index in [2.05, 4.69) is 10.5 Å². The van der Waals surface area contributed by atoms with Crippen molar-refractivity contribution in [3.63, 3.8) is 0 Å². The SMILES string of the molecule is CSc1ccc(-c2noc(C3=C(C)N(CC4CCCO4)C(=O)NC3c3ccccc3)n2)cc1. The van der Waals surface area contributed by atoms with Crippen LogP contribution in [-0.4, -0.2) is 46.6 Å². The Morgan fingerprint density at radius 2 is 1.94 bits per heavy atom. The molecule has 2 aliphatic rings. The van der Waals surface area contributed by atoms with E-state index in [1.165, 1.54) is 4.90 Å². The van der Waals surface area contributed by atoms with Gasteiger partial charge < -0.3 is 14.6 Å². The molecule has 33 heavy (non-hydrogen) atoms. The number of carbonyl (C=O) groups excluding carboxylic acids is 1. The van der Waals surface area contributed by atoms with Gasteiger partial charge in [0, 0.05) is 22.8 Å². The van der Waals surface area contributed by atoms with Crippen molar-refractivity contribution in [2.24, 2.45) is 0 Å². The van der Waals surface area contributed by atoms with Crippen LogP contribution in [-0.2, 0) is 4.74 Å². The Morgan fingerprint density at radius 3 is 2.64 bits per heavy atom. The number of carbonyl (C=O) groups is 1. The van der Waals surface area contributed by atoms with Crippen LogP contribution < -0.4 is 5.32 Å². The molecule has 1 saturated heterocycles. The molecule has 2 atom stereocenters. The zero-order valence-electron chi connectivity index (χ0n) is 18.7. The monoisotopic (exact) mass is 462 g/mol. The molecule has 7 nitrogen and oxygen atoms in total. The van der Waals surface area contributed by atoms with E-state index in [0.717, 1.165) is 41.8 Å². The minimum absolute atomic E-state index is 0.0356. The molecule has 3 aromatic rings. The van der Waals surface area contributed by atoms with E-state index >= 15 is 0 Å². The zero-order chi connectivity index (χ0) is 22.8. The van der Waals surface area contributed by atoms with Crippen LogP contribution in [0, 0.1) is 0 Å². The van der Waals surface area contributed by atoms with Crippen LogP contribution in [0.5, 0.6) is 0 Å². The Hall–Kier alpha value is -3.10. The Kier molecular flexibility index (Phi) is 6.20. The third-order valence-electron chi connectivity index (χ3n) is 6.14. The van der Waals surface area contributed by atoms with Crippen LogP contribution in [0.3, 0.4) is 0 Å². The summed E-state index contributed by atoms with van der Waals surface area (Å²) >= 11 is 1.68. The minimum Gasteiger partial charge on any atom is -0.376 e. The van der Waals surface area contributed by atoms with Crippen molar-refractivity contribution in [1.29, 1.82) is 0 Å². The molecular formula is C25H26N4O3S. The molecule has 3 heterocycles. The van der Waals surface area contributed by atoms with Gasteiger partial charge >= 0.3 is 6.03 Å². The molecule has 0 spiro atoms. The standard InChI is InChI=1S/C25H26N4O3S/c1-16-21(24-27-23(28-32-24)18-10-12-20(33-2)13-11-18)22(17-7-4-3-5-8-17)26-25(30)29(16)15-19-9-6-14-31-19/h3-5,7-8,10-13,19,22H,6,9,14-15H2,1-2H3,(H,26,30). The van der Waals surface area contributed by atoms with Gasteiger partial charge in [0.2, 0.25) is 5.82 Å². The number of benzene rings is 2. The van der Waals surface area contributed by atoms with Crippen LogP contribution in [0.25, 0.3) is 17.0 Å². The van der Waals surface area contributed by atoms with Gasteiger partial charge in [-0.2, -0.15) is 4.98 Å². The number of aromatic nitrogens is 2. The predicted molar refractivity (Wildman–Crippen MR) is 128 cm³/mol. The van der Waals surface area contributed by atoms with Gasteiger partial charge in [0.1, 0.15) is 0 Å². The second-order valence-corrected chi connectivity index (χ2v) is 9.07. The first kappa shape index (κ1) is 21.7. The van der Waals surface area contributed by atoms with Crippen molar-refractivity contribution in [1.82, 2.24) is 20.4 Å². The molecule has 1 N–H and O–H groups in total. The number of amides is 2. The number of ether oxygens (including phenoxy) is 1. The van der Waals surface area contributed by atoms with E-state index in [1.807, 2.05) is 67.8 Å². The number of nitrogens with one attached hydrogen (secondary N) is 1. The summed E-state index contributed by atoms with van der Waals surface area (Å²) in [5, 5.41) is 7.39. The second-order valence-electron chi connectivity index (χ2n) is 8.19. The molecule has 2 unspecified atom stereocenters. The molecule has 0 saturated carbocycles. The second kappa shape index (κ2) is 9.41. The molecular weight excluding hydrogens is 436 g/mol. The molecule has 0 bridgehead atoms. The summed E-state index contributed by atoms with van der Waals surface area (Å²) in [5.41, 5.74) is 3.45. The smallest absolute Gasteiger partial charge is 0.322 e. The topological polar surface area (TPSA) is 80.5 Å². The maximum absolute atomic E-state index is 13.1. The van der Waals surface area contributed by atoms with Gasteiger partial charge in [-0.05, 0) is 55.9 Å². The maximum Gasteiger partial charge on any atom is 0.322 e. The fourth-order valence-electron chi connectivity index (χ4n) is 4.36. The van der Waals surface area contributed by atoms with Crippen molar-refractivity contribution in [2.75, 3.05) is 19.4 Å². The summed E-state index contributed by atoms with van der Waals surface area (Å²) in [4.78, 5) is 20.7. The van der Waals surface area contributed by atoms with Gasteiger partial charge in [-0.1, -0.05) is 35.5 Å². The van der Waals surface area contributed by atoms with Crippen LogP contribution in [0.1, 0.15) is 37.3 Å². The molecule has 1 fully saturated rings. The van der Waals surface area contributed by atoms with Crippen molar-refractivity contribution in [2.45, 2.75) is 36.8 Å². The third-order valence-corrected chi connectivity index (χ3v) is 6.89. The quantitative estimate of drug-likeness (QED) is 0.511. The molecule has 5 rings (SSSR count). The summed E-state index contributed by atoms with van der Waals surface area (Å²) in [6.07, 6.45) is 4.05. The molecule has 2 amide bonds. The highest BCUT2D eigenvalue weighted by molar-refractivity contribution is 7.98. The Morgan fingerprint density at radius 1 is 1.15 bits per heavy atom. The third kappa shape index (κ3) is 4.41. The number of nitrogens with zero attached hydrogens (tertiary/aromatic N) is 3. The lowest BCUT2D eigenvalue weighted by Gasteiger charge is -2.36. The van der Waals surface area contributed by atoms with E-state index < -0.39 is 0 Å². The van der Waals surface area contributed by atoms with E-state index in [9.17, 15) is 4.79 Å². The lowest BCUT2D eigenvalue weighted by molar-refractivity contribution is 0.0877. The number of rotatable bonds is 6. The van der Waals surface area contributed by atoms with Crippen LogP contribution >= 0.6 is 11.8 Å². The van der Waals surface area contributed by atoms with E-state index in [0.29, 0.717) is 18.3 Å². The van der Waals surface area contributed by atoms with Gasteiger partial charge in [0.05, 0.1) is 24.3 Å². The first-order valence-electron chi connectivity index (χ1n) is 11.1. The molecule has 2 aromatic carbocycles. The lowest BCUT2D eigenvalue weighted by atomic mass is 9.94. The lowest BCUT2D eigenvalue weighted by Crippen LogP contribution is -2.48. The van der Waals surface area contributed by atoms with Gasteiger partial charge in [0.25, 0.3) is 5.89 Å². The highest BCUT2D eigenvalue weighted by Gasteiger charge is 2.37. The normalized spacial score (nSPS) is 20.9. The average molecular weight is 463 g/mol. The van der Waals surface area contributed by atoms with Crippen molar-refractivity contribution in [3.8, 4) is 11.4 Å². The average Bonchev–Trinajstić information content (AvgIpc) is 3.54. The highest BCUT2D eigenvalue weighted by Crippen LogP contribution is 2.37. The van der Waals surface area contributed by atoms with E-state index in [1.54, 1.807) is 16.7 Å². The number of hydrogen-bond donors (Lipinski definition) is 1. The largest absolute Gasteiger partial charge is 0.376 e. The molecule has 8 heteroatoms. The Bertz CT molecular complexity index is 1150. The van der Waals surface area contributed by atoms with E-state index in [-0.39, 0.29) is 18.2 Å². The molecule has 1 aromatic heterocycles. The summed E-state index contributed by atoms with van der Waals surface area (Å²) in [6.45, 7) is 3.18. The van der Waals surface area contributed by atoms with Crippen molar-refractivity contribution < 1.29 is 14.1 Å². The van der Waals surface area contributed by atoms with Gasteiger partial charge in [0.15, 0.2) is 0 Å². The number of hydrogen-bond acceptors (Lipinski definition) is 6. The van der Waals surface area contributed by atoms with Crippen molar-refractivity contribution >= 4 is 23.4 Å². The molecule has 0 aliphatic carbocycles. The summed E-state index contributed by atoms with van der Waals surface area (Å²) in [6, 6.07) is 17.4. The Labute approximate surface area is 197 Å². The fourth-order valence-corrected chi connectivity index (χ4v) is 4.76. The molecule has 170 valence electrons. The number of allylic oxidation sites excluding steroid dienone is 1. The minimum atomic E-state index is -0.383. The van der Waals surface area contributed by atoms with Crippen molar-refractivity contribution in [3.05, 3.63) is 71.7 Å². The van der Waals surface area contributed by atoms with Crippen LogP contribution in [0.2, 0.25) is 0 Å².